The van der Waals surface area contributed by atoms with Gasteiger partial charge < -0.3 is 0 Å². The van der Waals surface area contributed by atoms with Crippen LogP contribution in [0.25, 0.3) is 0 Å². The van der Waals surface area contributed by atoms with Crippen LogP contribution >= 0.6 is 24.0 Å². The zero-order valence-corrected chi connectivity index (χ0v) is 9.78. The second-order valence-corrected chi connectivity index (χ2v) is 6.35. The number of amides is 1. The lowest BCUT2D eigenvalue weighted by Crippen LogP contribution is -2.34. The lowest BCUT2D eigenvalue weighted by molar-refractivity contribution is -0.125. The average molecular weight is 255 g/mol. The van der Waals surface area contributed by atoms with Crippen molar-refractivity contribution in [1.82, 2.24) is 4.90 Å². The highest BCUT2D eigenvalue weighted by atomic mass is 32.2. The van der Waals surface area contributed by atoms with E-state index in [1.165, 1.54) is 16.7 Å². The lowest BCUT2D eigenvalue weighted by Gasteiger charge is -2.13. The zero-order chi connectivity index (χ0) is 10.9. The van der Waals surface area contributed by atoms with Crippen molar-refractivity contribution in [3.05, 3.63) is 0 Å². The Balaban J connectivity index is 2.62. The van der Waals surface area contributed by atoms with Crippen molar-refractivity contribution in [2.24, 2.45) is 0 Å². The van der Waals surface area contributed by atoms with Gasteiger partial charge in [-0.25, -0.2) is 0 Å². The number of hydrogen-bond donors (Lipinski definition) is 1. The standard InChI is InChI=1S/C6H9NO4S3/c1-4-5(8)7(6(12)13-4)2-3-14(9,10)11/h4H,2-3H2,1H3,(H,9,10,11)/t4-/m1/s1. The fourth-order valence-corrected chi connectivity index (χ4v) is 2.85. The van der Waals surface area contributed by atoms with Crippen LogP contribution in [0, 0.1) is 0 Å². The third-order valence-electron chi connectivity index (χ3n) is 1.68. The SMILES string of the molecule is C[C@H]1SC(=S)N(CCS(=O)(=O)O)C1=O. The maximum atomic E-state index is 11.4. The Morgan fingerprint density at radius 3 is 2.57 bits per heavy atom. The third-order valence-corrected chi connectivity index (χ3v) is 3.87. The highest BCUT2D eigenvalue weighted by Gasteiger charge is 2.33. The number of nitrogens with zero attached hydrogens (tertiary/aromatic N) is 1. The molecule has 0 aromatic heterocycles. The summed E-state index contributed by atoms with van der Waals surface area (Å²) in [7, 11) is -4.04. The van der Waals surface area contributed by atoms with Crippen LogP contribution in [-0.4, -0.2) is 45.6 Å². The summed E-state index contributed by atoms with van der Waals surface area (Å²) in [6, 6.07) is 0. The molecule has 0 unspecified atom stereocenters. The van der Waals surface area contributed by atoms with E-state index in [1.54, 1.807) is 6.92 Å². The van der Waals surface area contributed by atoms with Crippen LogP contribution in [0.5, 0.6) is 0 Å². The summed E-state index contributed by atoms with van der Waals surface area (Å²) in [5, 5.41) is -0.260. The Morgan fingerprint density at radius 2 is 2.21 bits per heavy atom. The van der Waals surface area contributed by atoms with Crippen molar-refractivity contribution in [2.75, 3.05) is 12.3 Å². The van der Waals surface area contributed by atoms with E-state index in [2.05, 4.69) is 0 Å². The Kier molecular flexibility index (Phi) is 3.51. The highest BCUT2D eigenvalue weighted by molar-refractivity contribution is 8.24. The number of carbonyl (C=O) groups is 1. The molecule has 1 aliphatic heterocycles. The summed E-state index contributed by atoms with van der Waals surface area (Å²) in [6.45, 7) is 1.63. The maximum Gasteiger partial charge on any atom is 0.266 e. The summed E-state index contributed by atoms with van der Waals surface area (Å²) < 4.78 is 29.8. The van der Waals surface area contributed by atoms with Gasteiger partial charge in [0.2, 0.25) is 5.91 Å². The van der Waals surface area contributed by atoms with Gasteiger partial charge in [0.1, 0.15) is 4.32 Å². The smallest absolute Gasteiger partial charge is 0.266 e. The molecule has 80 valence electrons. The van der Waals surface area contributed by atoms with Gasteiger partial charge in [-0.05, 0) is 6.92 Å². The van der Waals surface area contributed by atoms with Crippen LogP contribution in [0.1, 0.15) is 6.92 Å². The molecule has 1 fully saturated rings. The van der Waals surface area contributed by atoms with Gasteiger partial charge in [0.15, 0.2) is 0 Å². The normalized spacial score (nSPS) is 23.3. The largest absolute Gasteiger partial charge is 0.296 e. The van der Waals surface area contributed by atoms with Crippen molar-refractivity contribution >= 4 is 44.3 Å². The minimum Gasteiger partial charge on any atom is -0.296 e. The molecule has 0 radical (unpaired) electrons. The third kappa shape index (κ3) is 2.91. The Morgan fingerprint density at radius 1 is 1.64 bits per heavy atom. The number of thioether (sulfide) groups is 1. The van der Waals surface area contributed by atoms with E-state index in [4.69, 9.17) is 16.8 Å². The first-order valence-electron chi connectivity index (χ1n) is 3.78. The summed E-state index contributed by atoms with van der Waals surface area (Å²) >= 11 is 6.09. The van der Waals surface area contributed by atoms with Crippen molar-refractivity contribution in [3.63, 3.8) is 0 Å². The lowest BCUT2D eigenvalue weighted by atomic mass is 10.4. The molecule has 1 saturated heterocycles. The predicted molar refractivity (Wildman–Crippen MR) is 57.8 cm³/mol. The summed E-state index contributed by atoms with van der Waals surface area (Å²) in [6.07, 6.45) is 0. The quantitative estimate of drug-likeness (QED) is 0.570. The van der Waals surface area contributed by atoms with Gasteiger partial charge in [0.05, 0.1) is 11.0 Å². The number of hydrogen-bond acceptors (Lipinski definition) is 5. The van der Waals surface area contributed by atoms with E-state index < -0.39 is 15.9 Å². The van der Waals surface area contributed by atoms with Crippen molar-refractivity contribution < 1.29 is 17.8 Å². The van der Waals surface area contributed by atoms with Gasteiger partial charge in [-0.15, -0.1) is 0 Å². The van der Waals surface area contributed by atoms with Crippen LogP contribution in [-0.2, 0) is 14.9 Å². The molecule has 1 heterocycles. The summed E-state index contributed by atoms with van der Waals surface area (Å²) in [4.78, 5) is 12.6. The van der Waals surface area contributed by atoms with E-state index in [9.17, 15) is 13.2 Å². The van der Waals surface area contributed by atoms with Crippen LogP contribution in [0.4, 0.5) is 0 Å². The van der Waals surface area contributed by atoms with E-state index in [1.807, 2.05) is 0 Å². The molecule has 8 heteroatoms. The molecule has 5 nitrogen and oxygen atoms in total. The average Bonchev–Trinajstić information content (AvgIpc) is 2.23. The molecule has 0 aromatic carbocycles. The van der Waals surface area contributed by atoms with Gasteiger partial charge in [-0.2, -0.15) is 8.42 Å². The fraction of sp³-hybridized carbons (Fsp3) is 0.667. The second kappa shape index (κ2) is 4.13. The van der Waals surface area contributed by atoms with Crippen molar-refractivity contribution in [2.45, 2.75) is 12.2 Å². The Bertz CT molecular complexity index is 363. The molecule has 0 bridgehead atoms. The molecular weight excluding hydrogens is 246 g/mol. The second-order valence-electron chi connectivity index (χ2n) is 2.80. The maximum absolute atomic E-state index is 11.4. The molecule has 0 aromatic rings. The van der Waals surface area contributed by atoms with Gasteiger partial charge in [-0.3, -0.25) is 14.2 Å². The van der Waals surface area contributed by atoms with E-state index in [-0.39, 0.29) is 17.7 Å². The zero-order valence-electron chi connectivity index (χ0n) is 7.34. The first kappa shape index (κ1) is 11.9. The highest BCUT2D eigenvalue weighted by Crippen LogP contribution is 2.26. The fourth-order valence-electron chi connectivity index (χ4n) is 0.983. The minimum atomic E-state index is -4.04. The van der Waals surface area contributed by atoms with Crippen molar-refractivity contribution in [3.8, 4) is 0 Å². The topological polar surface area (TPSA) is 74.7 Å². The number of carbonyl (C=O) groups excluding carboxylic acids is 1. The number of thiocarbonyl (C=S) groups is 1. The molecule has 1 atom stereocenters. The molecule has 0 spiro atoms. The molecule has 1 N–H and O–H groups in total. The minimum absolute atomic E-state index is 0.0756. The van der Waals surface area contributed by atoms with Crippen LogP contribution in [0.3, 0.4) is 0 Å². The molecular formula is C6H9NO4S3. The first-order valence-corrected chi connectivity index (χ1v) is 6.68. The first-order chi connectivity index (χ1) is 6.31. The van der Waals surface area contributed by atoms with E-state index in [0.717, 1.165) is 0 Å². The molecule has 1 aliphatic rings. The van der Waals surface area contributed by atoms with Crippen LogP contribution in [0.15, 0.2) is 0 Å². The Labute approximate surface area is 91.6 Å². The van der Waals surface area contributed by atoms with Crippen LogP contribution in [0.2, 0.25) is 0 Å². The molecule has 0 aliphatic carbocycles. The molecule has 14 heavy (non-hydrogen) atoms. The van der Waals surface area contributed by atoms with Gasteiger partial charge in [0.25, 0.3) is 10.1 Å². The monoisotopic (exact) mass is 255 g/mol. The van der Waals surface area contributed by atoms with E-state index in [0.29, 0.717) is 4.32 Å². The molecule has 0 saturated carbocycles. The summed E-state index contributed by atoms with van der Waals surface area (Å²) in [5.41, 5.74) is 0. The van der Waals surface area contributed by atoms with Gasteiger partial charge in [-0.1, -0.05) is 24.0 Å². The van der Waals surface area contributed by atoms with Gasteiger partial charge >= 0.3 is 0 Å². The van der Waals surface area contributed by atoms with Gasteiger partial charge in [0, 0.05) is 6.54 Å². The predicted octanol–water partition coefficient (Wildman–Crippen LogP) is 0.123. The molecule has 1 amide bonds. The van der Waals surface area contributed by atoms with Crippen molar-refractivity contribution in [1.29, 1.82) is 0 Å². The van der Waals surface area contributed by atoms with E-state index >= 15 is 0 Å². The Hall–Kier alpha value is -0.180. The molecule has 1 rings (SSSR count). The van der Waals surface area contributed by atoms with Crippen LogP contribution < -0.4 is 0 Å². The summed E-state index contributed by atoms with van der Waals surface area (Å²) in [5.74, 6) is -0.685. The number of rotatable bonds is 3.